The number of allylic oxidation sites excluding steroid dienone is 2. The summed E-state index contributed by atoms with van der Waals surface area (Å²) >= 11 is 5.80. The molecule has 1 aliphatic carbocycles. The van der Waals surface area contributed by atoms with Crippen LogP contribution in [0.1, 0.15) is 18.4 Å². The van der Waals surface area contributed by atoms with Crippen molar-refractivity contribution in [3.8, 4) is 17.2 Å². The third kappa shape index (κ3) is 4.11. The number of benzene rings is 2. The number of carbonyl (C=O) groups is 1. The number of hydrogen-bond acceptors (Lipinski definition) is 4. The van der Waals surface area contributed by atoms with Gasteiger partial charge in [0.1, 0.15) is 17.2 Å². The topological polar surface area (TPSA) is 61.6 Å². The second-order valence-corrected chi connectivity index (χ2v) is 6.02. The van der Waals surface area contributed by atoms with E-state index in [1.807, 2.05) is 0 Å². The van der Waals surface area contributed by atoms with Gasteiger partial charge in [-0.2, -0.15) is 0 Å². The molecule has 0 atom stereocenters. The molecule has 0 saturated carbocycles. The largest absolute Gasteiger partial charge is 0.573 e. The summed E-state index contributed by atoms with van der Waals surface area (Å²) in [6.45, 7) is 0. The Bertz CT molecular complexity index is 876. The van der Waals surface area contributed by atoms with Gasteiger partial charge in [-0.3, -0.25) is 4.79 Å². The molecule has 4 nitrogen and oxygen atoms in total. The first-order valence-corrected chi connectivity index (χ1v) is 7.96. The summed E-state index contributed by atoms with van der Waals surface area (Å²) in [4.78, 5) is 12.1. The molecule has 1 aliphatic rings. The van der Waals surface area contributed by atoms with E-state index in [2.05, 4.69) is 4.74 Å². The number of nitrogens with two attached hydrogens (primary N) is 1. The highest BCUT2D eigenvalue weighted by atomic mass is 35.5. The number of rotatable bonds is 4. The molecule has 26 heavy (non-hydrogen) atoms. The smallest absolute Gasteiger partial charge is 0.457 e. The summed E-state index contributed by atoms with van der Waals surface area (Å²) in [6.07, 6.45) is -4.46. The fourth-order valence-electron chi connectivity index (χ4n) is 2.62. The SMILES string of the molecule is NC1=C(c2cc(Oc3ccc(Cl)cc3)ccc2OC(F)(F)F)C(=O)CC1. The molecular formula is C18H13ClF3NO3. The molecule has 3 rings (SSSR count). The summed E-state index contributed by atoms with van der Waals surface area (Å²) in [5.74, 6) is -0.172. The third-order valence-electron chi connectivity index (χ3n) is 3.72. The molecule has 0 amide bonds. The summed E-state index contributed by atoms with van der Waals surface area (Å²) in [6, 6.07) is 10.2. The predicted molar refractivity (Wildman–Crippen MR) is 90.0 cm³/mol. The van der Waals surface area contributed by atoms with Crippen molar-refractivity contribution in [1.82, 2.24) is 0 Å². The van der Waals surface area contributed by atoms with Gasteiger partial charge in [0.25, 0.3) is 0 Å². The van der Waals surface area contributed by atoms with Crippen LogP contribution >= 0.6 is 11.6 Å². The molecule has 2 N–H and O–H groups in total. The van der Waals surface area contributed by atoms with Crippen molar-refractivity contribution in [1.29, 1.82) is 0 Å². The highest BCUT2D eigenvalue weighted by Gasteiger charge is 2.34. The van der Waals surface area contributed by atoms with Gasteiger partial charge in [0.2, 0.25) is 0 Å². The lowest BCUT2D eigenvalue weighted by molar-refractivity contribution is -0.274. The number of ketones is 1. The second-order valence-electron chi connectivity index (χ2n) is 5.59. The zero-order valence-corrected chi connectivity index (χ0v) is 14.0. The zero-order chi connectivity index (χ0) is 18.9. The van der Waals surface area contributed by atoms with Gasteiger partial charge in [-0.1, -0.05) is 11.6 Å². The van der Waals surface area contributed by atoms with E-state index in [-0.39, 0.29) is 34.8 Å². The Hall–Kier alpha value is -2.67. The molecule has 0 saturated heterocycles. The lowest BCUT2D eigenvalue weighted by atomic mass is 10.0. The predicted octanol–water partition coefficient (Wildman–Crippen LogP) is 5.06. The van der Waals surface area contributed by atoms with Crippen molar-refractivity contribution in [3.63, 3.8) is 0 Å². The fourth-order valence-corrected chi connectivity index (χ4v) is 2.75. The van der Waals surface area contributed by atoms with Crippen LogP contribution in [0.25, 0.3) is 5.57 Å². The number of halogens is 4. The Morgan fingerprint density at radius 3 is 2.23 bits per heavy atom. The van der Waals surface area contributed by atoms with E-state index in [1.165, 1.54) is 12.1 Å². The molecule has 0 unspecified atom stereocenters. The maximum absolute atomic E-state index is 12.7. The van der Waals surface area contributed by atoms with Crippen LogP contribution in [-0.2, 0) is 4.79 Å². The van der Waals surface area contributed by atoms with Crippen LogP contribution in [-0.4, -0.2) is 12.1 Å². The minimum Gasteiger partial charge on any atom is -0.457 e. The second kappa shape index (κ2) is 6.92. The first kappa shape index (κ1) is 18.1. The number of hydrogen-bond donors (Lipinski definition) is 1. The average molecular weight is 384 g/mol. The minimum absolute atomic E-state index is 0.0332. The van der Waals surface area contributed by atoms with Gasteiger partial charge in [0.05, 0.1) is 0 Å². The molecule has 2 aromatic carbocycles. The molecule has 0 fully saturated rings. The molecule has 0 aliphatic heterocycles. The molecule has 8 heteroatoms. The highest BCUT2D eigenvalue weighted by Crippen LogP contribution is 2.39. The van der Waals surface area contributed by atoms with Gasteiger partial charge in [0, 0.05) is 28.3 Å². The van der Waals surface area contributed by atoms with Crippen LogP contribution in [0.5, 0.6) is 17.2 Å². The standard InChI is InChI=1S/C18H13ClF3NO3/c19-10-1-3-11(4-2-10)25-12-5-8-16(26-18(20,21)22)13(9-12)17-14(23)6-7-15(17)24/h1-5,8-9H,6-7,23H2. The Morgan fingerprint density at radius 2 is 1.65 bits per heavy atom. The Morgan fingerprint density at radius 1 is 1.00 bits per heavy atom. The van der Waals surface area contributed by atoms with Crippen molar-refractivity contribution in [2.24, 2.45) is 5.73 Å². The van der Waals surface area contributed by atoms with Crippen molar-refractivity contribution in [2.75, 3.05) is 0 Å². The molecular weight excluding hydrogens is 371 g/mol. The summed E-state index contributed by atoms with van der Waals surface area (Å²) in [5, 5.41) is 0.515. The molecule has 0 heterocycles. The Labute approximate surface area is 152 Å². The van der Waals surface area contributed by atoms with E-state index in [0.29, 0.717) is 17.2 Å². The minimum atomic E-state index is -4.90. The summed E-state index contributed by atoms with van der Waals surface area (Å²) < 4.78 is 47.7. The summed E-state index contributed by atoms with van der Waals surface area (Å²) in [7, 11) is 0. The Balaban J connectivity index is 2.01. The maximum Gasteiger partial charge on any atom is 0.573 e. The zero-order valence-electron chi connectivity index (χ0n) is 13.3. The van der Waals surface area contributed by atoms with Crippen LogP contribution < -0.4 is 15.2 Å². The van der Waals surface area contributed by atoms with Gasteiger partial charge < -0.3 is 15.2 Å². The Kier molecular flexibility index (Phi) is 4.82. The maximum atomic E-state index is 12.7. The van der Waals surface area contributed by atoms with Crippen molar-refractivity contribution < 1.29 is 27.4 Å². The van der Waals surface area contributed by atoms with Crippen molar-refractivity contribution in [2.45, 2.75) is 19.2 Å². The quantitative estimate of drug-likeness (QED) is 0.801. The lowest BCUT2D eigenvalue weighted by Gasteiger charge is -2.16. The van der Waals surface area contributed by atoms with Crippen LogP contribution in [0.15, 0.2) is 48.2 Å². The number of ether oxygens (including phenoxy) is 2. The van der Waals surface area contributed by atoms with Crippen LogP contribution in [0.4, 0.5) is 13.2 Å². The van der Waals surface area contributed by atoms with E-state index in [1.54, 1.807) is 24.3 Å². The molecule has 0 radical (unpaired) electrons. The van der Waals surface area contributed by atoms with E-state index in [0.717, 1.165) is 6.07 Å². The van der Waals surface area contributed by atoms with Gasteiger partial charge in [-0.25, -0.2) is 0 Å². The average Bonchev–Trinajstić information content (AvgIpc) is 2.89. The number of carbonyl (C=O) groups excluding carboxylic acids is 1. The van der Waals surface area contributed by atoms with Gasteiger partial charge in [-0.05, 0) is 48.9 Å². The monoisotopic (exact) mass is 383 g/mol. The van der Waals surface area contributed by atoms with Gasteiger partial charge in [0.15, 0.2) is 5.78 Å². The number of Topliss-reactive ketones (excluding diaryl/α,β-unsaturated/α-hetero) is 1. The van der Waals surface area contributed by atoms with E-state index in [4.69, 9.17) is 22.1 Å². The van der Waals surface area contributed by atoms with Crippen LogP contribution in [0.3, 0.4) is 0 Å². The van der Waals surface area contributed by atoms with Crippen molar-refractivity contribution in [3.05, 3.63) is 58.7 Å². The van der Waals surface area contributed by atoms with Crippen LogP contribution in [0, 0.1) is 0 Å². The first-order valence-electron chi connectivity index (χ1n) is 7.58. The third-order valence-corrected chi connectivity index (χ3v) is 3.97. The normalized spacial score (nSPS) is 14.7. The first-order chi connectivity index (χ1) is 12.2. The fraction of sp³-hybridized carbons (Fsp3) is 0.167. The van der Waals surface area contributed by atoms with Gasteiger partial charge >= 0.3 is 6.36 Å². The summed E-state index contributed by atoms with van der Waals surface area (Å²) in [5.41, 5.74) is 6.03. The molecule has 0 bridgehead atoms. The molecule has 2 aromatic rings. The molecule has 0 spiro atoms. The van der Waals surface area contributed by atoms with E-state index in [9.17, 15) is 18.0 Å². The van der Waals surface area contributed by atoms with Crippen molar-refractivity contribution >= 4 is 23.0 Å². The van der Waals surface area contributed by atoms with Crippen LogP contribution in [0.2, 0.25) is 5.02 Å². The van der Waals surface area contributed by atoms with E-state index >= 15 is 0 Å². The van der Waals surface area contributed by atoms with E-state index < -0.39 is 12.1 Å². The number of alkyl halides is 3. The molecule has 0 aromatic heterocycles. The lowest BCUT2D eigenvalue weighted by Crippen LogP contribution is -2.18. The molecule has 136 valence electrons. The van der Waals surface area contributed by atoms with Gasteiger partial charge in [-0.15, -0.1) is 13.2 Å². The highest BCUT2D eigenvalue weighted by molar-refractivity contribution is 6.30.